The minimum absolute atomic E-state index is 1.13. The molecule has 1 nitrogen and oxygen atoms in total. The summed E-state index contributed by atoms with van der Waals surface area (Å²) < 4.78 is 0. The number of benzene rings is 2. The minimum Gasteiger partial charge on any atom is -0.341 e. The predicted octanol–water partition coefficient (Wildman–Crippen LogP) is 4.08. The largest absolute Gasteiger partial charge is 0.341 e. The van der Waals surface area contributed by atoms with Gasteiger partial charge in [-0.3, -0.25) is 0 Å². The van der Waals surface area contributed by atoms with Gasteiger partial charge in [-0.2, -0.15) is 0 Å². The van der Waals surface area contributed by atoms with Crippen LogP contribution in [-0.4, -0.2) is 6.54 Å². The van der Waals surface area contributed by atoms with Crippen LogP contribution in [0.25, 0.3) is 0 Å². The number of aryl methyl sites for hydroxylation is 2. The van der Waals surface area contributed by atoms with Gasteiger partial charge in [0.25, 0.3) is 0 Å². The number of hydrogen-bond donors (Lipinski definition) is 0. The fourth-order valence-electron chi connectivity index (χ4n) is 2.53. The molecule has 0 spiro atoms. The van der Waals surface area contributed by atoms with Crippen LogP contribution in [0.5, 0.6) is 0 Å². The van der Waals surface area contributed by atoms with E-state index >= 15 is 0 Å². The molecule has 2 aromatic carbocycles. The first-order valence-corrected chi connectivity index (χ1v) is 6.27. The third-order valence-electron chi connectivity index (χ3n) is 3.46. The molecule has 0 fully saturated rings. The average molecular weight is 223 g/mol. The zero-order valence-electron chi connectivity index (χ0n) is 10.2. The topological polar surface area (TPSA) is 3.24 Å². The average Bonchev–Trinajstić information content (AvgIpc) is 2.39. The highest BCUT2D eigenvalue weighted by Gasteiger charge is 2.17. The van der Waals surface area contributed by atoms with Gasteiger partial charge in [-0.1, -0.05) is 35.9 Å². The summed E-state index contributed by atoms with van der Waals surface area (Å²) in [5.41, 5.74) is 5.48. The maximum absolute atomic E-state index is 2.43. The van der Waals surface area contributed by atoms with Crippen molar-refractivity contribution in [3.63, 3.8) is 0 Å². The molecule has 0 unspecified atom stereocenters. The van der Waals surface area contributed by atoms with Crippen molar-refractivity contribution in [2.75, 3.05) is 11.4 Å². The Morgan fingerprint density at radius 1 is 0.941 bits per heavy atom. The van der Waals surface area contributed by atoms with Gasteiger partial charge >= 0.3 is 0 Å². The van der Waals surface area contributed by atoms with E-state index in [0.717, 1.165) is 6.54 Å². The number of nitrogens with zero attached hydrogens (tertiary/aromatic N) is 1. The Morgan fingerprint density at radius 3 is 2.53 bits per heavy atom. The van der Waals surface area contributed by atoms with Crippen molar-refractivity contribution >= 4 is 11.4 Å². The highest BCUT2D eigenvalue weighted by atomic mass is 15.1. The summed E-state index contributed by atoms with van der Waals surface area (Å²) in [5.74, 6) is 0. The SMILES string of the molecule is Cc1ccc(N2CCCc3ccccc32)cc1. The normalized spacial score (nSPS) is 14.5. The Balaban J connectivity index is 2.03. The number of rotatable bonds is 1. The van der Waals surface area contributed by atoms with Gasteiger partial charge in [-0.05, 0) is 43.5 Å². The van der Waals surface area contributed by atoms with Gasteiger partial charge in [-0.25, -0.2) is 0 Å². The van der Waals surface area contributed by atoms with Gasteiger partial charge in [0.1, 0.15) is 0 Å². The molecule has 0 bridgehead atoms. The Bertz CT molecular complexity index is 513. The van der Waals surface area contributed by atoms with Crippen molar-refractivity contribution in [2.24, 2.45) is 0 Å². The van der Waals surface area contributed by atoms with E-state index in [4.69, 9.17) is 0 Å². The lowest BCUT2D eigenvalue weighted by atomic mass is 10.0. The molecule has 1 heteroatoms. The molecule has 1 aliphatic heterocycles. The van der Waals surface area contributed by atoms with E-state index in [1.54, 1.807) is 0 Å². The smallest absolute Gasteiger partial charge is 0.0443 e. The number of para-hydroxylation sites is 1. The summed E-state index contributed by atoms with van der Waals surface area (Å²) in [6, 6.07) is 17.6. The van der Waals surface area contributed by atoms with Crippen LogP contribution in [0.4, 0.5) is 11.4 Å². The van der Waals surface area contributed by atoms with Gasteiger partial charge in [0, 0.05) is 17.9 Å². The summed E-state index contributed by atoms with van der Waals surface area (Å²) in [6.45, 7) is 3.26. The van der Waals surface area contributed by atoms with E-state index in [1.165, 1.54) is 35.3 Å². The van der Waals surface area contributed by atoms with Gasteiger partial charge < -0.3 is 4.90 Å². The highest BCUT2D eigenvalue weighted by Crippen LogP contribution is 2.33. The van der Waals surface area contributed by atoms with Crippen LogP contribution in [0.1, 0.15) is 17.5 Å². The quantitative estimate of drug-likeness (QED) is 0.704. The third kappa shape index (κ3) is 1.93. The Labute approximate surface area is 103 Å². The van der Waals surface area contributed by atoms with Crippen LogP contribution in [0.15, 0.2) is 48.5 Å². The van der Waals surface area contributed by atoms with Crippen molar-refractivity contribution in [3.8, 4) is 0 Å². The third-order valence-corrected chi connectivity index (χ3v) is 3.46. The van der Waals surface area contributed by atoms with Gasteiger partial charge in [-0.15, -0.1) is 0 Å². The van der Waals surface area contributed by atoms with E-state index in [0.29, 0.717) is 0 Å². The van der Waals surface area contributed by atoms with Crippen molar-refractivity contribution < 1.29 is 0 Å². The molecule has 0 aromatic heterocycles. The monoisotopic (exact) mass is 223 g/mol. The first-order valence-electron chi connectivity index (χ1n) is 6.27. The Kier molecular flexibility index (Phi) is 2.60. The molecule has 2 aromatic rings. The second kappa shape index (κ2) is 4.25. The molecule has 0 radical (unpaired) electrons. The molecule has 0 N–H and O–H groups in total. The number of fused-ring (bicyclic) bond motifs is 1. The standard InChI is InChI=1S/C16H17N/c1-13-8-10-15(11-9-13)17-12-4-6-14-5-2-3-7-16(14)17/h2-3,5,7-11H,4,6,12H2,1H3. The fourth-order valence-corrected chi connectivity index (χ4v) is 2.53. The van der Waals surface area contributed by atoms with E-state index in [9.17, 15) is 0 Å². The van der Waals surface area contributed by atoms with Crippen LogP contribution >= 0.6 is 0 Å². The lowest BCUT2D eigenvalue weighted by Crippen LogP contribution is -2.24. The maximum Gasteiger partial charge on any atom is 0.0443 e. The van der Waals surface area contributed by atoms with Crippen LogP contribution in [0.2, 0.25) is 0 Å². The second-order valence-electron chi connectivity index (χ2n) is 4.72. The molecule has 86 valence electrons. The van der Waals surface area contributed by atoms with Gasteiger partial charge in [0.2, 0.25) is 0 Å². The van der Waals surface area contributed by atoms with Crippen LogP contribution in [0.3, 0.4) is 0 Å². The van der Waals surface area contributed by atoms with E-state index in [-0.39, 0.29) is 0 Å². The Hall–Kier alpha value is -1.76. The summed E-state index contributed by atoms with van der Waals surface area (Å²) in [4.78, 5) is 2.43. The number of anilines is 2. The molecular weight excluding hydrogens is 206 g/mol. The molecule has 1 heterocycles. The van der Waals surface area contributed by atoms with E-state index in [2.05, 4.69) is 60.4 Å². The van der Waals surface area contributed by atoms with Crippen LogP contribution in [0, 0.1) is 6.92 Å². The highest BCUT2D eigenvalue weighted by molar-refractivity contribution is 5.67. The molecular formula is C16H17N. The molecule has 0 saturated heterocycles. The summed E-state index contributed by atoms with van der Waals surface area (Å²) in [6.07, 6.45) is 2.45. The number of hydrogen-bond acceptors (Lipinski definition) is 1. The molecule has 1 aliphatic rings. The van der Waals surface area contributed by atoms with Crippen LogP contribution < -0.4 is 4.90 Å². The van der Waals surface area contributed by atoms with Crippen molar-refractivity contribution in [1.29, 1.82) is 0 Å². The first kappa shape index (κ1) is 10.4. The maximum atomic E-state index is 2.43. The zero-order chi connectivity index (χ0) is 11.7. The second-order valence-corrected chi connectivity index (χ2v) is 4.72. The lowest BCUT2D eigenvalue weighted by molar-refractivity contribution is 0.767. The minimum atomic E-state index is 1.13. The summed E-state index contributed by atoms with van der Waals surface area (Å²) in [5, 5.41) is 0. The molecule has 0 saturated carbocycles. The van der Waals surface area contributed by atoms with Crippen molar-refractivity contribution in [2.45, 2.75) is 19.8 Å². The molecule has 3 rings (SSSR count). The molecule has 17 heavy (non-hydrogen) atoms. The fraction of sp³-hybridized carbons (Fsp3) is 0.250. The summed E-state index contributed by atoms with van der Waals surface area (Å²) >= 11 is 0. The summed E-state index contributed by atoms with van der Waals surface area (Å²) in [7, 11) is 0. The molecule has 0 aliphatic carbocycles. The molecule has 0 amide bonds. The lowest BCUT2D eigenvalue weighted by Gasteiger charge is -2.31. The van der Waals surface area contributed by atoms with Gasteiger partial charge in [0.05, 0.1) is 0 Å². The van der Waals surface area contributed by atoms with E-state index in [1.807, 2.05) is 0 Å². The Morgan fingerprint density at radius 2 is 1.71 bits per heavy atom. The van der Waals surface area contributed by atoms with Gasteiger partial charge in [0.15, 0.2) is 0 Å². The molecule has 0 atom stereocenters. The first-order chi connectivity index (χ1) is 8.34. The van der Waals surface area contributed by atoms with Crippen LogP contribution in [-0.2, 0) is 6.42 Å². The van der Waals surface area contributed by atoms with Crippen molar-refractivity contribution in [3.05, 3.63) is 59.7 Å². The van der Waals surface area contributed by atoms with Crippen molar-refractivity contribution in [1.82, 2.24) is 0 Å². The predicted molar refractivity (Wildman–Crippen MR) is 72.9 cm³/mol. The van der Waals surface area contributed by atoms with E-state index < -0.39 is 0 Å². The zero-order valence-corrected chi connectivity index (χ0v) is 10.2.